The lowest BCUT2D eigenvalue weighted by molar-refractivity contribution is -0.385. The molecule has 0 atom stereocenters. The zero-order chi connectivity index (χ0) is 20.8. The van der Waals surface area contributed by atoms with Gasteiger partial charge in [-0.1, -0.05) is 28.1 Å². The van der Waals surface area contributed by atoms with Crippen LogP contribution in [0.1, 0.15) is 11.1 Å². The van der Waals surface area contributed by atoms with Crippen molar-refractivity contribution < 1.29 is 9.66 Å². The van der Waals surface area contributed by atoms with Gasteiger partial charge in [-0.25, -0.2) is 4.98 Å². The van der Waals surface area contributed by atoms with Crippen LogP contribution in [-0.2, 0) is 6.61 Å². The number of benzene rings is 2. The summed E-state index contributed by atoms with van der Waals surface area (Å²) in [4.78, 5) is 14.1. The Morgan fingerprint density at radius 3 is 2.45 bits per heavy atom. The second-order valence-electron chi connectivity index (χ2n) is 5.76. The number of hydrogen-bond donors (Lipinski definition) is 1. The van der Waals surface area contributed by atoms with E-state index in [0.29, 0.717) is 12.4 Å². The van der Waals surface area contributed by atoms with Gasteiger partial charge in [-0.3, -0.25) is 15.5 Å². The van der Waals surface area contributed by atoms with Gasteiger partial charge >= 0.3 is 0 Å². The van der Waals surface area contributed by atoms with Crippen LogP contribution < -0.4 is 10.2 Å². The molecule has 0 saturated heterocycles. The Balaban J connectivity index is 1.64. The molecule has 0 aliphatic carbocycles. The van der Waals surface area contributed by atoms with Gasteiger partial charge in [-0.15, -0.1) is 0 Å². The molecule has 29 heavy (non-hydrogen) atoms. The van der Waals surface area contributed by atoms with E-state index in [1.165, 1.54) is 18.3 Å². The van der Waals surface area contributed by atoms with E-state index in [9.17, 15) is 10.1 Å². The molecule has 148 valence electrons. The van der Waals surface area contributed by atoms with Gasteiger partial charge in [-0.05, 0) is 86.6 Å². The maximum absolute atomic E-state index is 10.6. The standard InChI is InChI=1S/C19H13BrI2N4O3/c20-14-3-1-12(2-4-14)11-29-19-16(21)7-13(8-17(19)22)9-24-25-18-6-5-15(10-23-18)26(27)28/h1-10H,11H2,(H,23,25)/b24-9+. The van der Waals surface area contributed by atoms with Crippen molar-refractivity contribution >= 4 is 78.8 Å². The molecule has 7 nitrogen and oxygen atoms in total. The molecule has 0 saturated carbocycles. The number of ether oxygens (including phenoxy) is 1. The summed E-state index contributed by atoms with van der Waals surface area (Å²) >= 11 is 7.90. The van der Waals surface area contributed by atoms with Crippen molar-refractivity contribution in [3.63, 3.8) is 0 Å². The highest BCUT2D eigenvalue weighted by molar-refractivity contribution is 14.1. The molecule has 0 aliphatic rings. The molecule has 1 heterocycles. The number of anilines is 1. The molecule has 0 bridgehead atoms. The molecule has 3 rings (SSSR count). The van der Waals surface area contributed by atoms with E-state index in [1.54, 1.807) is 6.21 Å². The molecule has 3 aromatic rings. The van der Waals surface area contributed by atoms with Crippen LogP contribution in [0, 0.1) is 17.3 Å². The zero-order valence-corrected chi connectivity index (χ0v) is 20.6. The van der Waals surface area contributed by atoms with Crippen molar-refractivity contribution in [2.45, 2.75) is 6.61 Å². The van der Waals surface area contributed by atoms with Crippen LogP contribution in [0.15, 0.2) is 64.3 Å². The summed E-state index contributed by atoms with van der Waals surface area (Å²) in [6.07, 6.45) is 2.84. The summed E-state index contributed by atoms with van der Waals surface area (Å²) in [6.45, 7) is 0.486. The Labute approximate surface area is 202 Å². The van der Waals surface area contributed by atoms with Crippen LogP contribution in [0.25, 0.3) is 0 Å². The Hall–Kier alpha value is -1.80. The van der Waals surface area contributed by atoms with E-state index in [4.69, 9.17) is 4.74 Å². The number of hydrogen-bond acceptors (Lipinski definition) is 6. The summed E-state index contributed by atoms with van der Waals surface area (Å²) < 4.78 is 8.98. The minimum Gasteiger partial charge on any atom is -0.487 e. The lowest BCUT2D eigenvalue weighted by Crippen LogP contribution is -2.00. The third kappa shape index (κ3) is 6.34. The number of aromatic nitrogens is 1. The summed E-state index contributed by atoms with van der Waals surface area (Å²) in [5.41, 5.74) is 4.67. The molecule has 0 unspecified atom stereocenters. The van der Waals surface area contributed by atoms with Crippen molar-refractivity contribution in [1.29, 1.82) is 0 Å². The Morgan fingerprint density at radius 1 is 1.17 bits per heavy atom. The molecule has 0 fully saturated rings. The molecule has 10 heteroatoms. The molecule has 0 aliphatic heterocycles. The van der Waals surface area contributed by atoms with Crippen LogP contribution in [0.3, 0.4) is 0 Å². The smallest absolute Gasteiger partial charge is 0.287 e. The largest absolute Gasteiger partial charge is 0.487 e. The molecule has 1 N–H and O–H groups in total. The van der Waals surface area contributed by atoms with Gasteiger partial charge in [0.1, 0.15) is 24.4 Å². The van der Waals surface area contributed by atoms with Gasteiger partial charge in [0.05, 0.1) is 18.3 Å². The van der Waals surface area contributed by atoms with Gasteiger partial charge in [0.2, 0.25) is 0 Å². The number of nitrogens with zero attached hydrogens (tertiary/aromatic N) is 3. The maximum Gasteiger partial charge on any atom is 0.287 e. The van der Waals surface area contributed by atoms with Crippen molar-refractivity contribution in [3.8, 4) is 5.75 Å². The van der Waals surface area contributed by atoms with Crippen LogP contribution in [0.5, 0.6) is 5.75 Å². The third-order valence-corrected chi connectivity index (χ3v) is 5.80. The number of halogens is 3. The lowest BCUT2D eigenvalue weighted by atomic mass is 10.2. The summed E-state index contributed by atoms with van der Waals surface area (Å²) in [5, 5.41) is 14.8. The van der Waals surface area contributed by atoms with E-state index in [0.717, 1.165) is 28.5 Å². The molecule has 0 spiro atoms. The summed E-state index contributed by atoms with van der Waals surface area (Å²) in [5.74, 6) is 1.25. The average Bonchev–Trinajstić information content (AvgIpc) is 2.69. The van der Waals surface area contributed by atoms with Gasteiger partial charge < -0.3 is 4.74 Å². The van der Waals surface area contributed by atoms with Crippen molar-refractivity contribution in [2.24, 2.45) is 5.10 Å². The highest BCUT2D eigenvalue weighted by Gasteiger charge is 2.09. The third-order valence-electron chi connectivity index (χ3n) is 3.67. The Bertz CT molecular complexity index is 1020. The quantitative estimate of drug-likeness (QED) is 0.144. The molecule has 0 radical (unpaired) electrons. The van der Waals surface area contributed by atoms with E-state index in [-0.39, 0.29) is 5.69 Å². The molecular weight excluding hydrogens is 666 g/mol. The maximum atomic E-state index is 10.6. The van der Waals surface area contributed by atoms with Crippen molar-refractivity contribution in [1.82, 2.24) is 4.98 Å². The van der Waals surface area contributed by atoms with E-state index in [2.05, 4.69) is 76.6 Å². The number of nitrogens with one attached hydrogen (secondary N) is 1. The van der Waals surface area contributed by atoms with Crippen molar-refractivity contribution in [2.75, 3.05) is 5.43 Å². The fourth-order valence-corrected chi connectivity index (χ4v) is 4.65. The van der Waals surface area contributed by atoms with Crippen LogP contribution in [0.2, 0.25) is 0 Å². The average molecular weight is 679 g/mol. The van der Waals surface area contributed by atoms with E-state index in [1.807, 2.05) is 36.4 Å². The SMILES string of the molecule is O=[N+]([O-])c1ccc(N/N=C/c2cc(I)c(OCc3ccc(Br)cc3)c(I)c2)nc1. The fourth-order valence-electron chi connectivity index (χ4n) is 2.26. The minimum absolute atomic E-state index is 0.0673. The van der Waals surface area contributed by atoms with E-state index < -0.39 is 4.92 Å². The fraction of sp³-hybridized carbons (Fsp3) is 0.0526. The monoisotopic (exact) mass is 678 g/mol. The predicted molar refractivity (Wildman–Crippen MR) is 132 cm³/mol. The van der Waals surface area contributed by atoms with Gasteiger partial charge in [0.15, 0.2) is 0 Å². The first-order chi connectivity index (χ1) is 13.9. The first-order valence-corrected chi connectivity index (χ1v) is 11.1. The normalized spacial score (nSPS) is 10.9. The topological polar surface area (TPSA) is 89.7 Å². The van der Waals surface area contributed by atoms with Crippen LogP contribution in [0.4, 0.5) is 11.5 Å². The van der Waals surface area contributed by atoms with Crippen LogP contribution in [-0.4, -0.2) is 16.1 Å². The number of rotatable bonds is 7. The predicted octanol–water partition coefficient (Wildman–Crippen LogP) is 5.99. The molecule has 0 amide bonds. The Morgan fingerprint density at radius 2 is 1.86 bits per heavy atom. The first-order valence-electron chi connectivity index (χ1n) is 8.18. The minimum atomic E-state index is -0.496. The van der Waals surface area contributed by atoms with Crippen LogP contribution >= 0.6 is 61.1 Å². The number of hydrazone groups is 1. The molecular formula is C19H13BrI2N4O3. The van der Waals surface area contributed by atoms with Gasteiger partial charge in [0.25, 0.3) is 5.69 Å². The number of pyridine rings is 1. The second kappa shape index (κ2) is 10.3. The lowest BCUT2D eigenvalue weighted by Gasteiger charge is -2.11. The summed E-state index contributed by atoms with van der Waals surface area (Å²) in [7, 11) is 0. The van der Waals surface area contributed by atoms with Crippen molar-refractivity contribution in [3.05, 3.63) is 87.6 Å². The Kier molecular flexibility index (Phi) is 7.77. The first kappa shape index (κ1) is 21.9. The molecule has 2 aromatic carbocycles. The van der Waals surface area contributed by atoms with Gasteiger partial charge in [0, 0.05) is 10.5 Å². The highest BCUT2D eigenvalue weighted by Crippen LogP contribution is 2.29. The zero-order valence-electron chi connectivity index (χ0n) is 14.7. The summed E-state index contributed by atoms with van der Waals surface area (Å²) in [6, 6.07) is 14.8. The van der Waals surface area contributed by atoms with Gasteiger partial charge in [-0.2, -0.15) is 5.10 Å². The second-order valence-corrected chi connectivity index (χ2v) is 9.00. The molecule has 1 aromatic heterocycles. The van der Waals surface area contributed by atoms with E-state index >= 15 is 0 Å². The highest BCUT2D eigenvalue weighted by atomic mass is 127. The number of nitro groups is 1.